The molecule has 1 atom stereocenters. The monoisotopic (exact) mass is 255 g/mol. The molecule has 0 radical (unpaired) electrons. The lowest BCUT2D eigenvalue weighted by atomic mass is 10.0. The molecule has 0 aliphatic carbocycles. The Balaban J connectivity index is 2.04. The molecule has 0 heterocycles. The number of nitrogens with one attached hydrogen (secondary N) is 1. The minimum atomic E-state index is 0.183. The van der Waals surface area contributed by atoms with Crippen molar-refractivity contribution in [2.45, 2.75) is 32.9 Å². The van der Waals surface area contributed by atoms with Gasteiger partial charge in [-0.1, -0.05) is 55.0 Å². The number of phenols is 1. The molecule has 19 heavy (non-hydrogen) atoms. The zero-order chi connectivity index (χ0) is 13.7. The minimum Gasteiger partial charge on any atom is -0.508 e. The quantitative estimate of drug-likeness (QED) is 0.848. The van der Waals surface area contributed by atoms with Crippen molar-refractivity contribution in [3.05, 3.63) is 65.2 Å². The topological polar surface area (TPSA) is 32.3 Å². The zero-order valence-corrected chi connectivity index (χ0v) is 11.6. The molecule has 2 aromatic carbocycles. The maximum atomic E-state index is 9.91. The summed E-state index contributed by atoms with van der Waals surface area (Å²) in [7, 11) is 0. The van der Waals surface area contributed by atoms with Gasteiger partial charge in [-0.3, -0.25) is 0 Å². The maximum absolute atomic E-state index is 9.91. The number of hydrogen-bond donors (Lipinski definition) is 2. The van der Waals surface area contributed by atoms with E-state index >= 15 is 0 Å². The number of aromatic hydroxyl groups is 1. The lowest BCUT2D eigenvalue weighted by Gasteiger charge is -2.18. The van der Waals surface area contributed by atoms with Crippen molar-refractivity contribution >= 4 is 0 Å². The van der Waals surface area contributed by atoms with Crippen molar-refractivity contribution < 1.29 is 5.11 Å². The van der Waals surface area contributed by atoms with Crippen molar-refractivity contribution in [1.29, 1.82) is 0 Å². The standard InChI is InChI=1S/C17H21NO/c1-3-16(15-6-4-5-7-17(15)19)18-12-14-10-8-13(2)9-11-14/h4-11,16,18-19H,3,12H2,1-2H3. The Morgan fingerprint density at radius 1 is 1.05 bits per heavy atom. The second-order valence-corrected chi connectivity index (χ2v) is 4.89. The first kappa shape index (κ1) is 13.6. The van der Waals surface area contributed by atoms with Crippen LogP contribution in [-0.4, -0.2) is 5.11 Å². The van der Waals surface area contributed by atoms with Gasteiger partial charge >= 0.3 is 0 Å². The molecular weight excluding hydrogens is 234 g/mol. The average molecular weight is 255 g/mol. The fourth-order valence-corrected chi connectivity index (χ4v) is 2.20. The molecule has 0 aromatic heterocycles. The number of phenolic OH excluding ortho intramolecular Hbond substituents is 1. The predicted molar refractivity (Wildman–Crippen MR) is 79.2 cm³/mol. The highest BCUT2D eigenvalue weighted by Gasteiger charge is 2.12. The zero-order valence-electron chi connectivity index (χ0n) is 11.6. The van der Waals surface area contributed by atoms with Gasteiger partial charge in [0.1, 0.15) is 5.75 Å². The number of para-hydroxylation sites is 1. The summed E-state index contributed by atoms with van der Waals surface area (Å²) in [6.07, 6.45) is 0.948. The van der Waals surface area contributed by atoms with Crippen LogP contribution in [0.1, 0.15) is 36.1 Å². The van der Waals surface area contributed by atoms with E-state index in [1.54, 1.807) is 6.07 Å². The molecule has 2 N–H and O–H groups in total. The molecular formula is C17H21NO. The summed E-state index contributed by atoms with van der Waals surface area (Å²) in [6, 6.07) is 16.2. The first-order valence-corrected chi connectivity index (χ1v) is 6.77. The van der Waals surface area contributed by atoms with E-state index in [1.165, 1.54) is 11.1 Å². The van der Waals surface area contributed by atoms with Gasteiger partial charge in [-0.25, -0.2) is 0 Å². The average Bonchev–Trinajstić information content (AvgIpc) is 2.43. The molecule has 2 heteroatoms. The Morgan fingerprint density at radius 3 is 2.37 bits per heavy atom. The molecule has 2 nitrogen and oxygen atoms in total. The highest BCUT2D eigenvalue weighted by atomic mass is 16.3. The summed E-state index contributed by atoms with van der Waals surface area (Å²) in [5.74, 6) is 0.366. The van der Waals surface area contributed by atoms with Gasteiger partial charge in [0.25, 0.3) is 0 Å². The van der Waals surface area contributed by atoms with Crippen LogP contribution in [0.5, 0.6) is 5.75 Å². The molecule has 100 valence electrons. The summed E-state index contributed by atoms with van der Waals surface area (Å²) in [5, 5.41) is 13.4. The third-order valence-corrected chi connectivity index (χ3v) is 3.39. The van der Waals surface area contributed by atoms with Crippen molar-refractivity contribution in [3.8, 4) is 5.75 Å². The van der Waals surface area contributed by atoms with Crippen LogP contribution in [0.4, 0.5) is 0 Å². The van der Waals surface area contributed by atoms with E-state index in [2.05, 4.69) is 43.4 Å². The van der Waals surface area contributed by atoms with E-state index in [4.69, 9.17) is 0 Å². The molecule has 0 saturated heterocycles. The van der Waals surface area contributed by atoms with Gasteiger partial charge < -0.3 is 10.4 Å². The largest absolute Gasteiger partial charge is 0.508 e. The summed E-state index contributed by atoms with van der Waals surface area (Å²) in [6.45, 7) is 5.03. The third kappa shape index (κ3) is 3.58. The summed E-state index contributed by atoms with van der Waals surface area (Å²) < 4.78 is 0. The van der Waals surface area contributed by atoms with Gasteiger partial charge in [-0.2, -0.15) is 0 Å². The van der Waals surface area contributed by atoms with E-state index < -0.39 is 0 Å². The Kier molecular flexibility index (Phi) is 4.58. The van der Waals surface area contributed by atoms with Gasteiger partial charge in [0.2, 0.25) is 0 Å². The highest BCUT2D eigenvalue weighted by Crippen LogP contribution is 2.26. The van der Waals surface area contributed by atoms with Crippen LogP contribution >= 0.6 is 0 Å². The summed E-state index contributed by atoms with van der Waals surface area (Å²) >= 11 is 0. The molecule has 1 unspecified atom stereocenters. The van der Waals surface area contributed by atoms with Crippen LogP contribution in [0, 0.1) is 6.92 Å². The molecule has 2 aromatic rings. The fourth-order valence-electron chi connectivity index (χ4n) is 2.20. The lowest BCUT2D eigenvalue weighted by molar-refractivity contribution is 0.441. The maximum Gasteiger partial charge on any atom is 0.120 e. The Hall–Kier alpha value is -1.80. The van der Waals surface area contributed by atoms with E-state index in [9.17, 15) is 5.11 Å². The van der Waals surface area contributed by atoms with E-state index in [-0.39, 0.29) is 6.04 Å². The van der Waals surface area contributed by atoms with Crippen LogP contribution in [0.2, 0.25) is 0 Å². The highest BCUT2D eigenvalue weighted by molar-refractivity contribution is 5.34. The van der Waals surface area contributed by atoms with Crippen LogP contribution < -0.4 is 5.32 Å². The van der Waals surface area contributed by atoms with E-state index in [1.807, 2.05) is 18.2 Å². The Labute approximate surface area is 115 Å². The SMILES string of the molecule is CCC(NCc1ccc(C)cc1)c1ccccc1O. The fraction of sp³-hybridized carbons (Fsp3) is 0.294. The predicted octanol–water partition coefficient (Wildman–Crippen LogP) is 3.94. The van der Waals surface area contributed by atoms with Gasteiger partial charge in [0.15, 0.2) is 0 Å². The van der Waals surface area contributed by atoms with Gasteiger partial charge in [0, 0.05) is 18.2 Å². The number of hydrogen-bond acceptors (Lipinski definition) is 2. The molecule has 0 aliphatic heterocycles. The van der Waals surface area contributed by atoms with Crippen LogP contribution in [0.3, 0.4) is 0 Å². The number of aryl methyl sites for hydroxylation is 1. The number of rotatable bonds is 5. The van der Waals surface area contributed by atoms with Crippen LogP contribution in [0.25, 0.3) is 0 Å². The minimum absolute atomic E-state index is 0.183. The number of benzene rings is 2. The summed E-state index contributed by atoms with van der Waals surface area (Å²) in [5.41, 5.74) is 3.51. The van der Waals surface area contributed by atoms with Crippen LogP contribution in [0.15, 0.2) is 48.5 Å². The van der Waals surface area contributed by atoms with Gasteiger partial charge in [-0.15, -0.1) is 0 Å². The van der Waals surface area contributed by atoms with Gasteiger partial charge in [0.05, 0.1) is 0 Å². The Morgan fingerprint density at radius 2 is 1.74 bits per heavy atom. The molecule has 0 saturated carbocycles. The summed E-state index contributed by atoms with van der Waals surface area (Å²) in [4.78, 5) is 0. The van der Waals surface area contributed by atoms with E-state index in [0.717, 1.165) is 18.5 Å². The molecule has 0 bridgehead atoms. The van der Waals surface area contributed by atoms with Crippen molar-refractivity contribution in [1.82, 2.24) is 5.32 Å². The molecule has 0 fully saturated rings. The smallest absolute Gasteiger partial charge is 0.120 e. The van der Waals surface area contributed by atoms with Crippen molar-refractivity contribution in [2.75, 3.05) is 0 Å². The second-order valence-electron chi connectivity index (χ2n) is 4.89. The first-order valence-electron chi connectivity index (χ1n) is 6.77. The normalized spacial score (nSPS) is 12.3. The molecule has 0 amide bonds. The van der Waals surface area contributed by atoms with E-state index in [0.29, 0.717) is 5.75 Å². The van der Waals surface area contributed by atoms with Crippen molar-refractivity contribution in [2.24, 2.45) is 0 Å². The van der Waals surface area contributed by atoms with Gasteiger partial charge in [-0.05, 0) is 25.0 Å². The molecule has 2 rings (SSSR count). The Bertz CT molecular complexity index is 519. The lowest BCUT2D eigenvalue weighted by Crippen LogP contribution is -2.20. The second kappa shape index (κ2) is 6.39. The molecule has 0 aliphatic rings. The first-order chi connectivity index (χ1) is 9.20. The third-order valence-electron chi connectivity index (χ3n) is 3.39. The van der Waals surface area contributed by atoms with Crippen LogP contribution in [-0.2, 0) is 6.54 Å². The van der Waals surface area contributed by atoms with Crippen molar-refractivity contribution in [3.63, 3.8) is 0 Å². The molecule has 0 spiro atoms.